The molecule has 0 saturated heterocycles. The molecule has 0 aliphatic heterocycles. The Morgan fingerprint density at radius 2 is 2.14 bits per heavy atom. The van der Waals surface area contributed by atoms with E-state index in [9.17, 15) is 4.79 Å². The quantitative estimate of drug-likeness (QED) is 0.815. The second kappa shape index (κ2) is 4.46. The maximum Gasteiger partial charge on any atom is 0.223 e. The number of nitrogens with zero attached hydrogens (tertiary/aromatic N) is 1. The second-order valence-electron chi connectivity index (χ2n) is 2.89. The molecule has 0 unspecified atom stereocenters. The van der Waals surface area contributed by atoms with Gasteiger partial charge in [-0.15, -0.1) is 0 Å². The van der Waals surface area contributed by atoms with E-state index in [1.165, 1.54) is 6.92 Å². The molecule has 76 valence electrons. The largest absolute Gasteiger partial charge is 0.495 e. The van der Waals surface area contributed by atoms with Crippen molar-refractivity contribution in [3.05, 3.63) is 22.7 Å². The molecule has 14 heavy (non-hydrogen) atoms. The second-order valence-corrected chi connectivity index (χ2v) is 3.81. The van der Waals surface area contributed by atoms with E-state index >= 15 is 0 Å². The predicted molar refractivity (Wildman–Crippen MR) is 59.8 cm³/mol. The molecule has 1 amide bonds. The van der Waals surface area contributed by atoms with Crippen molar-refractivity contribution in [1.82, 2.24) is 0 Å². The van der Waals surface area contributed by atoms with Crippen molar-refractivity contribution in [3.8, 4) is 5.75 Å². The van der Waals surface area contributed by atoms with E-state index < -0.39 is 0 Å². The Kier molecular flexibility index (Phi) is 3.52. The number of carbonyl (C=O) groups is 1. The van der Waals surface area contributed by atoms with Crippen molar-refractivity contribution >= 4 is 27.5 Å². The predicted octanol–water partition coefficient (Wildman–Crippen LogP) is 2.44. The summed E-state index contributed by atoms with van der Waals surface area (Å²) in [4.78, 5) is 12.7. The summed E-state index contributed by atoms with van der Waals surface area (Å²) in [5, 5.41) is 0. The van der Waals surface area contributed by atoms with Gasteiger partial charge in [-0.3, -0.25) is 4.79 Å². The first kappa shape index (κ1) is 11.0. The highest BCUT2D eigenvalue weighted by Crippen LogP contribution is 2.30. The molecule has 3 nitrogen and oxygen atoms in total. The van der Waals surface area contributed by atoms with Gasteiger partial charge >= 0.3 is 0 Å². The van der Waals surface area contributed by atoms with E-state index in [0.717, 1.165) is 10.2 Å². The monoisotopic (exact) mass is 257 g/mol. The molecule has 0 aliphatic carbocycles. The van der Waals surface area contributed by atoms with Crippen LogP contribution >= 0.6 is 15.9 Å². The summed E-state index contributed by atoms with van der Waals surface area (Å²) < 4.78 is 6.07. The van der Waals surface area contributed by atoms with E-state index in [2.05, 4.69) is 15.9 Å². The molecule has 0 heterocycles. The first-order valence-electron chi connectivity index (χ1n) is 4.14. The Bertz CT molecular complexity index is 352. The first-order valence-corrected chi connectivity index (χ1v) is 4.93. The Labute approximate surface area is 91.8 Å². The van der Waals surface area contributed by atoms with Gasteiger partial charge in [0.05, 0.1) is 12.8 Å². The lowest BCUT2D eigenvalue weighted by Crippen LogP contribution is -2.23. The van der Waals surface area contributed by atoms with Crippen LogP contribution in [0.25, 0.3) is 0 Å². The third-order valence-corrected chi connectivity index (χ3v) is 2.47. The van der Waals surface area contributed by atoms with E-state index in [1.54, 1.807) is 19.1 Å². The summed E-state index contributed by atoms with van der Waals surface area (Å²) in [6.45, 7) is 1.51. The van der Waals surface area contributed by atoms with Crippen molar-refractivity contribution in [2.75, 3.05) is 19.1 Å². The van der Waals surface area contributed by atoms with Gasteiger partial charge in [-0.2, -0.15) is 0 Å². The van der Waals surface area contributed by atoms with Crippen LogP contribution in [0.5, 0.6) is 5.75 Å². The Morgan fingerprint density at radius 3 is 2.64 bits per heavy atom. The van der Waals surface area contributed by atoms with Crippen LogP contribution in [-0.4, -0.2) is 20.1 Å². The fraction of sp³-hybridized carbons (Fsp3) is 0.300. The van der Waals surface area contributed by atoms with E-state index in [4.69, 9.17) is 4.74 Å². The SMILES string of the molecule is COc1ccc(Br)cc1N(C)C(C)=O. The lowest BCUT2D eigenvalue weighted by molar-refractivity contribution is -0.116. The number of rotatable bonds is 2. The molecular formula is C10H12BrNO2. The van der Waals surface area contributed by atoms with Gasteiger partial charge in [0.1, 0.15) is 5.75 Å². The topological polar surface area (TPSA) is 29.5 Å². The normalized spacial score (nSPS) is 9.71. The molecular weight excluding hydrogens is 246 g/mol. The number of carbonyl (C=O) groups excluding carboxylic acids is 1. The molecule has 4 heteroatoms. The number of amides is 1. The molecule has 0 radical (unpaired) electrons. The van der Waals surface area contributed by atoms with Crippen LogP contribution in [0.4, 0.5) is 5.69 Å². The molecule has 0 atom stereocenters. The molecule has 1 aromatic rings. The lowest BCUT2D eigenvalue weighted by atomic mass is 10.2. The van der Waals surface area contributed by atoms with Crippen molar-refractivity contribution < 1.29 is 9.53 Å². The number of benzene rings is 1. The smallest absolute Gasteiger partial charge is 0.223 e. The Balaban J connectivity index is 3.16. The first-order chi connectivity index (χ1) is 6.56. The Morgan fingerprint density at radius 1 is 1.50 bits per heavy atom. The summed E-state index contributed by atoms with van der Waals surface area (Å²) in [5.41, 5.74) is 0.759. The average molecular weight is 258 g/mol. The van der Waals surface area contributed by atoms with Gasteiger partial charge in [0.15, 0.2) is 0 Å². The van der Waals surface area contributed by atoms with Crippen LogP contribution in [0, 0.1) is 0 Å². The van der Waals surface area contributed by atoms with Crippen molar-refractivity contribution in [2.45, 2.75) is 6.92 Å². The number of hydrogen-bond acceptors (Lipinski definition) is 2. The standard InChI is InChI=1S/C10H12BrNO2/c1-7(13)12(2)9-6-8(11)4-5-10(9)14-3/h4-6H,1-3H3. The molecule has 0 saturated carbocycles. The molecule has 0 fully saturated rings. The van der Waals surface area contributed by atoms with Gasteiger partial charge in [-0.05, 0) is 18.2 Å². The van der Waals surface area contributed by atoms with E-state index in [0.29, 0.717) is 5.75 Å². The minimum atomic E-state index is -0.0265. The Hall–Kier alpha value is -1.03. The zero-order valence-electron chi connectivity index (χ0n) is 8.37. The van der Waals surface area contributed by atoms with Crippen LogP contribution in [0.1, 0.15) is 6.92 Å². The van der Waals surface area contributed by atoms with E-state index in [-0.39, 0.29) is 5.91 Å². The van der Waals surface area contributed by atoms with E-state index in [1.807, 2.05) is 18.2 Å². The summed E-state index contributed by atoms with van der Waals surface area (Å²) in [6.07, 6.45) is 0. The number of ether oxygens (including phenoxy) is 1. The highest BCUT2D eigenvalue weighted by molar-refractivity contribution is 9.10. The molecule has 0 bridgehead atoms. The van der Waals surface area contributed by atoms with Gasteiger partial charge in [-0.1, -0.05) is 15.9 Å². The lowest BCUT2D eigenvalue weighted by Gasteiger charge is -2.18. The maximum atomic E-state index is 11.2. The summed E-state index contributed by atoms with van der Waals surface area (Å²) in [7, 11) is 3.30. The van der Waals surface area contributed by atoms with Gasteiger partial charge < -0.3 is 9.64 Å². The molecule has 0 N–H and O–H groups in total. The summed E-state index contributed by atoms with van der Waals surface area (Å²) in [6, 6.07) is 5.54. The third-order valence-electron chi connectivity index (χ3n) is 1.97. The van der Waals surface area contributed by atoms with Gasteiger partial charge in [0.2, 0.25) is 5.91 Å². The molecule has 1 aromatic carbocycles. The average Bonchev–Trinajstić information content (AvgIpc) is 2.16. The fourth-order valence-corrected chi connectivity index (χ4v) is 1.44. The third kappa shape index (κ3) is 2.26. The zero-order chi connectivity index (χ0) is 10.7. The minimum Gasteiger partial charge on any atom is -0.495 e. The minimum absolute atomic E-state index is 0.0265. The van der Waals surface area contributed by atoms with Crippen LogP contribution in [0.3, 0.4) is 0 Å². The van der Waals surface area contributed by atoms with Crippen LogP contribution in [-0.2, 0) is 4.79 Å². The summed E-state index contributed by atoms with van der Waals surface area (Å²) >= 11 is 3.35. The molecule has 0 aromatic heterocycles. The highest BCUT2D eigenvalue weighted by atomic mass is 79.9. The molecule has 0 spiro atoms. The van der Waals surface area contributed by atoms with Crippen molar-refractivity contribution in [2.24, 2.45) is 0 Å². The maximum absolute atomic E-state index is 11.2. The summed E-state index contributed by atoms with van der Waals surface area (Å²) in [5.74, 6) is 0.660. The molecule has 1 rings (SSSR count). The van der Waals surface area contributed by atoms with Crippen LogP contribution in [0.15, 0.2) is 22.7 Å². The van der Waals surface area contributed by atoms with Gasteiger partial charge in [0.25, 0.3) is 0 Å². The number of halogens is 1. The van der Waals surface area contributed by atoms with Crippen LogP contribution < -0.4 is 9.64 Å². The van der Waals surface area contributed by atoms with Crippen molar-refractivity contribution in [1.29, 1.82) is 0 Å². The van der Waals surface area contributed by atoms with Gasteiger partial charge in [-0.25, -0.2) is 0 Å². The number of methoxy groups -OCH3 is 1. The fourth-order valence-electron chi connectivity index (χ4n) is 1.09. The zero-order valence-corrected chi connectivity index (χ0v) is 9.96. The number of anilines is 1. The van der Waals surface area contributed by atoms with Gasteiger partial charge in [0, 0.05) is 18.4 Å². The number of hydrogen-bond donors (Lipinski definition) is 0. The van der Waals surface area contributed by atoms with Crippen LogP contribution in [0.2, 0.25) is 0 Å². The molecule has 0 aliphatic rings. The van der Waals surface area contributed by atoms with Crippen molar-refractivity contribution in [3.63, 3.8) is 0 Å². The highest BCUT2D eigenvalue weighted by Gasteiger charge is 2.11.